The molecule has 1 aliphatic rings. The highest BCUT2D eigenvalue weighted by atomic mass is 35.5. The average Bonchev–Trinajstić information content (AvgIpc) is 2.65. The lowest BCUT2D eigenvalue weighted by Crippen LogP contribution is -2.11. The fraction of sp³-hybridized carbons (Fsp3) is 0.364. The Labute approximate surface area is 154 Å². The van der Waals surface area contributed by atoms with E-state index >= 15 is 0 Å². The molecule has 1 saturated carbocycles. The summed E-state index contributed by atoms with van der Waals surface area (Å²) in [6, 6.07) is 13.9. The van der Waals surface area contributed by atoms with Crippen molar-refractivity contribution in [2.45, 2.75) is 38.2 Å². The van der Waals surface area contributed by atoms with E-state index in [1.54, 1.807) is 24.8 Å². The molecule has 2 aromatic carbocycles. The monoisotopic (exact) mass is 358 g/mol. The molecule has 0 atom stereocenters. The summed E-state index contributed by atoms with van der Waals surface area (Å²) in [4.78, 5) is 0. The highest BCUT2D eigenvalue weighted by Crippen LogP contribution is 2.37. The van der Waals surface area contributed by atoms with E-state index in [0.29, 0.717) is 24.0 Å². The lowest BCUT2D eigenvalue weighted by molar-refractivity contribution is 0.181. The Morgan fingerprint density at radius 2 is 1.72 bits per heavy atom. The third kappa shape index (κ3) is 4.50. The molecule has 0 N–H and O–H groups in total. The van der Waals surface area contributed by atoms with Crippen LogP contribution in [0.25, 0.3) is 11.1 Å². The summed E-state index contributed by atoms with van der Waals surface area (Å²) in [6.07, 6.45) is 6.91. The largest absolute Gasteiger partial charge is 0.380 e. The SMILES string of the molecule is COCc1ccc(-c2ccc(C3CCC(C=CCl)CC3)cc2)cc1F. The number of halogens is 2. The van der Waals surface area contributed by atoms with Crippen LogP contribution in [0.1, 0.15) is 42.7 Å². The van der Waals surface area contributed by atoms with Crippen molar-refractivity contribution < 1.29 is 9.13 Å². The average molecular weight is 359 g/mol. The predicted molar refractivity (Wildman–Crippen MR) is 102 cm³/mol. The lowest BCUT2D eigenvalue weighted by atomic mass is 9.78. The zero-order valence-electron chi connectivity index (χ0n) is 14.6. The van der Waals surface area contributed by atoms with Crippen molar-refractivity contribution in [2.24, 2.45) is 5.92 Å². The van der Waals surface area contributed by atoms with Crippen molar-refractivity contribution in [2.75, 3.05) is 7.11 Å². The number of hydrogen-bond donors (Lipinski definition) is 0. The summed E-state index contributed by atoms with van der Waals surface area (Å²) in [5, 5.41) is 0. The van der Waals surface area contributed by atoms with Gasteiger partial charge in [0.15, 0.2) is 0 Å². The number of allylic oxidation sites excluding steroid dienone is 1. The molecular formula is C22H24ClFO. The molecule has 0 aromatic heterocycles. The summed E-state index contributed by atoms with van der Waals surface area (Å²) in [5.74, 6) is 1.03. The van der Waals surface area contributed by atoms with Crippen LogP contribution in [0, 0.1) is 11.7 Å². The standard InChI is InChI=1S/C22H24ClFO/c1-25-15-21-11-10-20(14-22(21)24)19-8-6-18(7-9-19)17-4-2-16(3-5-17)12-13-23/h6-14,16-17H,2-5,15H2,1H3. The highest BCUT2D eigenvalue weighted by Gasteiger charge is 2.20. The molecule has 0 unspecified atom stereocenters. The van der Waals surface area contributed by atoms with Gasteiger partial charge < -0.3 is 4.74 Å². The first-order valence-corrected chi connectivity index (χ1v) is 9.29. The van der Waals surface area contributed by atoms with E-state index in [9.17, 15) is 4.39 Å². The molecule has 1 fully saturated rings. The Hall–Kier alpha value is -1.64. The Kier molecular flexibility index (Phi) is 6.28. The van der Waals surface area contributed by atoms with E-state index < -0.39 is 0 Å². The van der Waals surface area contributed by atoms with Gasteiger partial charge in [-0.1, -0.05) is 54.1 Å². The minimum atomic E-state index is -0.214. The first-order valence-electron chi connectivity index (χ1n) is 8.86. The minimum Gasteiger partial charge on any atom is -0.380 e. The van der Waals surface area contributed by atoms with E-state index in [2.05, 4.69) is 30.3 Å². The van der Waals surface area contributed by atoms with Crippen molar-refractivity contribution >= 4 is 11.6 Å². The van der Waals surface area contributed by atoms with Crippen LogP contribution in [0.2, 0.25) is 0 Å². The van der Waals surface area contributed by atoms with Gasteiger partial charge in [0.25, 0.3) is 0 Å². The van der Waals surface area contributed by atoms with Gasteiger partial charge in [-0.15, -0.1) is 0 Å². The fourth-order valence-electron chi connectivity index (χ4n) is 3.70. The maximum atomic E-state index is 14.1. The quantitative estimate of drug-likeness (QED) is 0.580. The van der Waals surface area contributed by atoms with Crippen molar-refractivity contribution in [3.8, 4) is 11.1 Å². The van der Waals surface area contributed by atoms with Gasteiger partial charge >= 0.3 is 0 Å². The Bertz CT molecular complexity index is 715. The second-order valence-electron chi connectivity index (χ2n) is 6.79. The van der Waals surface area contributed by atoms with E-state index in [1.165, 1.54) is 31.2 Å². The third-order valence-electron chi connectivity index (χ3n) is 5.19. The van der Waals surface area contributed by atoms with Gasteiger partial charge in [-0.25, -0.2) is 4.39 Å². The molecule has 0 aliphatic heterocycles. The third-order valence-corrected chi connectivity index (χ3v) is 5.33. The Balaban J connectivity index is 1.69. The van der Waals surface area contributed by atoms with Crippen LogP contribution in [-0.2, 0) is 11.3 Å². The van der Waals surface area contributed by atoms with E-state index in [-0.39, 0.29) is 5.82 Å². The molecular weight excluding hydrogens is 335 g/mol. The van der Waals surface area contributed by atoms with Crippen LogP contribution in [0.4, 0.5) is 4.39 Å². The number of methoxy groups -OCH3 is 1. The van der Waals surface area contributed by atoms with Crippen LogP contribution < -0.4 is 0 Å². The molecule has 2 aromatic rings. The van der Waals surface area contributed by atoms with Crippen LogP contribution in [0.5, 0.6) is 0 Å². The van der Waals surface area contributed by atoms with E-state index in [1.807, 2.05) is 6.07 Å². The van der Waals surface area contributed by atoms with Crippen molar-refractivity contribution in [1.29, 1.82) is 0 Å². The van der Waals surface area contributed by atoms with Crippen LogP contribution >= 0.6 is 11.6 Å². The first kappa shape index (κ1) is 18.2. The van der Waals surface area contributed by atoms with Crippen LogP contribution in [-0.4, -0.2) is 7.11 Å². The number of rotatable bonds is 5. The molecule has 25 heavy (non-hydrogen) atoms. The topological polar surface area (TPSA) is 9.23 Å². The molecule has 0 spiro atoms. The molecule has 0 saturated heterocycles. The lowest BCUT2D eigenvalue weighted by Gasteiger charge is -2.27. The maximum Gasteiger partial charge on any atom is 0.129 e. The smallest absolute Gasteiger partial charge is 0.129 e. The highest BCUT2D eigenvalue weighted by molar-refractivity contribution is 6.25. The van der Waals surface area contributed by atoms with Crippen molar-refractivity contribution in [3.63, 3.8) is 0 Å². The zero-order valence-corrected chi connectivity index (χ0v) is 15.3. The molecule has 0 radical (unpaired) electrons. The van der Waals surface area contributed by atoms with Crippen LogP contribution in [0.15, 0.2) is 54.1 Å². The molecule has 0 bridgehead atoms. The normalized spacial score (nSPS) is 20.9. The van der Waals surface area contributed by atoms with Gasteiger partial charge in [0.1, 0.15) is 5.82 Å². The van der Waals surface area contributed by atoms with Gasteiger partial charge in [-0.3, -0.25) is 0 Å². The second-order valence-corrected chi connectivity index (χ2v) is 7.04. The summed E-state index contributed by atoms with van der Waals surface area (Å²) in [5.41, 5.74) is 5.57. The zero-order chi connectivity index (χ0) is 17.6. The predicted octanol–water partition coefficient (Wildman–Crippen LogP) is 6.67. The second kappa shape index (κ2) is 8.64. The van der Waals surface area contributed by atoms with Gasteiger partial charge in [-0.05, 0) is 60.3 Å². The summed E-state index contributed by atoms with van der Waals surface area (Å²) >= 11 is 5.69. The molecule has 3 heteroatoms. The fourth-order valence-corrected chi connectivity index (χ4v) is 3.90. The number of benzene rings is 2. The van der Waals surface area contributed by atoms with Crippen molar-refractivity contribution in [3.05, 3.63) is 71.0 Å². The summed E-state index contributed by atoms with van der Waals surface area (Å²) < 4.78 is 19.1. The minimum absolute atomic E-state index is 0.214. The molecule has 0 amide bonds. The van der Waals surface area contributed by atoms with Gasteiger partial charge in [0, 0.05) is 18.2 Å². The molecule has 3 rings (SSSR count). The molecule has 132 valence electrons. The van der Waals surface area contributed by atoms with Crippen molar-refractivity contribution in [1.82, 2.24) is 0 Å². The van der Waals surface area contributed by atoms with Gasteiger partial charge in [0.05, 0.1) is 6.61 Å². The van der Waals surface area contributed by atoms with E-state index in [0.717, 1.165) is 11.1 Å². The molecule has 0 heterocycles. The number of ether oxygens (including phenoxy) is 1. The Morgan fingerprint density at radius 1 is 1.04 bits per heavy atom. The first-order chi connectivity index (χ1) is 12.2. The molecule has 1 aliphatic carbocycles. The van der Waals surface area contributed by atoms with E-state index in [4.69, 9.17) is 16.3 Å². The molecule has 1 nitrogen and oxygen atoms in total. The van der Waals surface area contributed by atoms with Gasteiger partial charge in [-0.2, -0.15) is 0 Å². The maximum absolute atomic E-state index is 14.1. The Morgan fingerprint density at radius 3 is 2.32 bits per heavy atom. The van der Waals surface area contributed by atoms with Gasteiger partial charge in [0.2, 0.25) is 0 Å². The number of hydrogen-bond acceptors (Lipinski definition) is 1. The summed E-state index contributed by atoms with van der Waals surface area (Å²) in [7, 11) is 1.57. The summed E-state index contributed by atoms with van der Waals surface area (Å²) in [6.45, 7) is 0.298. The van der Waals surface area contributed by atoms with Crippen LogP contribution in [0.3, 0.4) is 0 Å².